The number of aryl methyl sites for hydroxylation is 1. The minimum atomic E-state index is -3.77. The monoisotopic (exact) mass is 306 g/mol. The Bertz CT molecular complexity index is 663. The van der Waals surface area contributed by atoms with Crippen molar-refractivity contribution in [3.8, 4) is 0 Å². The molecule has 2 aromatic carbocycles. The fourth-order valence-corrected chi connectivity index (χ4v) is 2.80. The molecule has 0 aromatic heterocycles. The van der Waals surface area contributed by atoms with E-state index in [9.17, 15) is 8.42 Å². The van der Waals surface area contributed by atoms with Gasteiger partial charge in [-0.05, 0) is 24.6 Å². The van der Waals surface area contributed by atoms with Crippen LogP contribution in [0, 0.1) is 6.92 Å². The fourth-order valence-electron chi connectivity index (χ4n) is 1.89. The van der Waals surface area contributed by atoms with Gasteiger partial charge in [-0.1, -0.05) is 48.0 Å². The number of hydrogen-bond acceptors (Lipinski definition) is 4. The van der Waals surface area contributed by atoms with Crippen molar-refractivity contribution in [2.45, 2.75) is 17.9 Å². The first-order valence-electron chi connectivity index (χ1n) is 6.57. The van der Waals surface area contributed by atoms with E-state index in [4.69, 9.17) is 8.92 Å². The molecule has 21 heavy (non-hydrogen) atoms. The highest BCUT2D eigenvalue weighted by Gasteiger charge is 2.19. The summed E-state index contributed by atoms with van der Waals surface area (Å²) in [5.41, 5.74) is 1.87. The van der Waals surface area contributed by atoms with Crippen molar-refractivity contribution in [3.05, 3.63) is 65.7 Å². The second-order valence-electron chi connectivity index (χ2n) is 4.69. The molecular weight excluding hydrogens is 288 g/mol. The topological polar surface area (TPSA) is 52.6 Å². The molecule has 0 spiro atoms. The van der Waals surface area contributed by atoms with Crippen LogP contribution in [-0.2, 0) is 19.0 Å². The van der Waals surface area contributed by atoms with Crippen LogP contribution >= 0.6 is 0 Å². The number of ether oxygens (including phenoxy) is 1. The maximum atomic E-state index is 12.1. The van der Waals surface area contributed by atoms with Gasteiger partial charge in [-0.25, -0.2) is 0 Å². The first-order chi connectivity index (χ1) is 10.0. The zero-order valence-electron chi connectivity index (χ0n) is 12.0. The fraction of sp³-hybridized carbons (Fsp3) is 0.250. The van der Waals surface area contributed by atoms with Gasteiger partial charge < -0.3 is 4.74 Å². The quantitative estimate of drug-likeness (QED) is 0.770. The third-order valence-corrected chi connectivity index (χ3v) is 4.44. The van der Waals surface area contributed by atoms with Gasteiger partial charge in [0.05, 0.1) is 11.5 Å². The molecular formula is C16H18O4S. The van der Waals surface area contributed by atoms with E-state index in [1.807, 2.05) is 37.3 Å². The van der Waals surface area contributed by atoms with Gasteiger partial charge in [0, 0.05) is 7.11 Å². The zero-order valence-corrected chi connectivity index (χ0v) is 12.8. The van der Waals surface area contributed by atoms with E-state index in [1.54, 1.807) is 12.1 Å². The number of methoxy groups -OCH3 is 1. The second kappa shape index (κ2) is 6.85. The third-order valence-electron chi connectivity index (χ3n) is 3.14. The van der Waals surface area contributed by atoms with Gasteiger partial charge in [-0.2, -0.15) is 8.42 Å². The predicted octanol–water partition coefficient (Wildman–Crippen LogP) is 3.09. The van der Waals surface area contributed by atoms with Gasteiger partial charge in [-0.3, -0.25) is 4.18 Å². The molecule has 0 radical (unpaired) electrons. The van der Waals surface area contributed by atoms with Crippen LogP contribution in [0.1, 0.15) is 17.2 Å². The largest absolute Gasteiger partial charge is 0.374 e. The minimum Gasteiger partial charge on any atom is -0.374 e. The molecule has 0 saturated carbocycles. The molecule has 2 aromatic rings. The van der Waals surface area contributed by atoms with Crippen molar-refractivity contribution in [1.82, 2.24) is 0 Å². The molecule has 0 fully saturated rings. The standard InChI is InChI=1S/C16H18O4S/c1-13-8-10-15(11-9-13)21(17,18)20-12-16(19-2)14-6-4-3-5-7-14/h3-11,16H,12H2,1-2H3. The van der Waals surface area contributed by atoms with Crippen LogP contribution in [0.25, 0.3) is 0 Å². The Hall–Kier alpha value is -1.69. The molecule has 112 valence electrons. The summed E-state index contributed by atoms with van der Waals surface area (Å²) < 4.78 is 34.6. The summed E-state index contributed by atoms with van der Waals surface area (Å²) in [5, 5.41) is 0. The van der Waals surface area contributed by atoms with Crippen molar-refractivity contribution < 1.29 is 17.3 Å². The van der Waals surface area contributed by atoms with Crippen molar-refractivity contribution in [3.63, 3.8) is 0 Å². The summed E-state index contributed by atoms with van der Waals surface area (Å²) in [7, 11) is -2.24. The molecule has 1 unspecified atom stereocenters. The Morgan fingerprint density at radius 1 is 1.00 bits per heavy atom. The van der Waals surface area contributed by atoms with E-state index in [0.717, 1.165) is 11.1 Å². The lowest BCUT2D eigenvalue weighted by molar-refractivity contribution is 0.0598. The van der Waals surface area contributed by atoms with Crippen LogP contribution in [0.4, 0.5) is 0 Å². The lowest BCUT2D eigenvalue weighted by atomic mass is 10.1. The maximum absolute atomic E-state index is 12.1. The molecule has 2 rings (SSSR count). The van der Waals surface area contributed by atoms with Gasteiger partial charge in [0.15, 0.2) is 0 Å². The van der Waals surface area contributed by atoms with E-state index < -0.39 is 16.2 Å². The molecule has 0 aliphatic carbocycles. The van der Waals surface area contributed by atoms with Crippen molar-refractivity contribution in [2.24, 2.45) is 0 Å². The molecule has 0 aliphatic rings. The van der Waals surface area contributed by atoms with Crippen molar-refractivity contribution in [1.29, 1.82) is 0 Å². The van der Waals surface area contributed by atoms with E-state index in [1.165, 1.54) is 19.2 Å². The Kier molecular flexibility index (Phi) is 5.12. The maximum Gasteiger partial charge on any atom is 0.297 e. The highest BCUT2D eigenvalue weighted by Crippen LogP contribution is 2.20. The van der Waals surface area contributed by atoms with E-state index in [0.29, 0.717) is 0 Å². The number of hydrogen-bond donors (Lipinski definition) is 0. The van der Waals surface area contributed by atoms with Crippen molar-refractivity contribution >= 4 is 10.1 Å². The van der Waals surface area contributed by atoms with E-state index in [2.05, 4.69) is 0 Å². The Morgan fingerprint density at radius 3 is 2.19 bits per heavy atom. The van der Waals surface area contributed by atoms with E-state index >= 15 is 0 Å². The van der Waals surface area contributed by atoms with Gasteiger partial charge >= 0.3 is 0 Å². The van der Waals surface area contributed by atoms with Crippen LogP contribution < -0.4 is 0 Å². The summed E-state index contributed by atoms with van der Waals surface area (Å²) in [6.45, 7) is 1.84. The normalized spacial score (nSPS) is 13.0. The molecule has 5 heteroatoms. The van der Waals surface area contributed by atoms with Crippen LogP contribution in [0.5, 0.6) is 0 Å². The SMILES string of the molecule is COC(COS(=O)(=O)c1ccc(C)cc1)c1ccccc1. The van der Waals surface area contributed by atoms with Crippen LogP contribution in [0.3, 0.4) is 0 Å². The van der Waals surface area contributed by atoms with E-state index in [-0.39, 0.29) is 11.5 Å². The molecule has 0 N–H and O–H groups in total. The molecule has 0 saturated heterocycles. The lowest BCUT2D eigenvalue weighted by Crippen LogP contribution is -2.15. The summed E-state index contributed by atoms with van der Waals surface area (Å²) >= 11 is 0. The molecule has 0 aliphatic heterocycles. The van der Waals surface area contributed by atoms with Crippen LogP contribution in [0.15, 0.2) is 59.5 Å². The number of benzene rings is 2. The number of rotatable bonds is 6. The highest BCUT2D eigenvalue weighted by molar-refractivity contribution is 7.86. The average Bonchev–Trinajstić information content (AvgIpc) is 2.49. The summed E-state index contributed by atoms with van der Waals surface area (Å²) in [4.78, 5) is 0.149. The van der Waals surface area contributed by atoms with Gasteiger partial charge in [0.1, 0.15) is 6.10 Å². The summed E-state index contributed by atoms with van der Waals surface area (Å²) in [5.74, 6) is 0. The first-order valence-corrected chi connectivity index (χ1v) is 7.97. The predicted molar refractivity (Wildman–Crippen MR) is 80.5 cm³/mol. The zero-order chi connectivity index (χ0) is 15.3. The minimum absolute atomic E-state index is 0.0588. The van der Waals surface area contributed by atoms with Gasteiger partial charge in [0.25, 0.3) is 10.1 Å². The summed E-state index contributed by atoms with van der Waals surface area (Å²) in [6.07, 6.45) is -0.425. The molecule has 0 amide bonds. The highest BCUT2D eigenvalue weighted by atomic mass is 32.2. The second-order valence-corrected chi connectivity index (χ2v) is 6.30. The van der Waals surface area contributed by atoms with Gasteiger partial charge in [0.2, 0.25) is 0 Å². The molecule has 1 atom stereocenters. The Morgan fingerprint density at radius 2 is 1.62 bits per heavy atom. The smallest absolute Gasteiger partial charge is 0.297 e. The van der Waals surface area contributed by atoms with Crippen LogP contribution in [-0.4, -0.2) is 22.1 Å². The first kappa shape index (κ1) is 15.7. The average molecular weight is 306 g/mol. The van der Waals surface area contributed by atoms with Crippen LogP contribution in [0.2, 0.25) is 0 Å². The molecule has 0 bridgehead atoms. The molecule has 0 heterocycles. The Balaban J connectivity index is 2.08. The molecule has 4 nitrogen and oxygen atoms in total. The summed E-state index contributed by atoms with van der Waals surface area (Å²) in [6, 6.07) is 15.9. The Labute approximate surface area is 125 Å². The lowest BCUT2D eigenvalue weighted by Gasteiger charge is -2.15. The third kappa shape index (κ3) is 4.14. The van der Waals surface area contributed by atoms with Crippen molar-refractivity contribution in [2.75, 3.05) is 13.7 Å². The van der Waals surface area contributed by atoms with Gasteiger partial charge in [-0.15, -0.1) is 0 Å².